The fourth-order valence-electron chi connectivity index (χ4n) is 4.22. The van der Waals surface area contributed by atoms with Gasteiger partial charge in [0.1, 0.15) is 11.4 Å². The molecule has 0 saturated heterocycles. The van der Waals surface area contributed by atoms with Gasteiger partial charge in [0.25, 0.3) is 0 Å². The highest BCUT2D eigenvalue weighted by molar-refractivity contribution is 7.92. The van der Waals surface area contributed by atoms with Gasteiger partial charge in [0.05, 0.1) is 23.0 Å². The molecule has 0 fully saturated rings. The van der Waals surface area contributed by atoms with Crippen LogP contribution in [0.5, 0.6) is 5.75 Å². The Kier molecular flexibility index (Phi) is 8.19. The number of fused-ring (bicyclic) bond motifs is 1. The van der Waals surface area contributed by atoms with Crippen molar-refractivity contribution in [1.82, 2.24) is 5.32 Å². The molecular weight excluding hydrogens is 483 g/mol. The minimum Gasteiger partial charge on any atom is -0.487 e. The third kappa shape index (κ3) is 6.14. The Morgan fingerprint density at radius 3 is 2.55 bits per heavy atom. The number of nitrogens with zero attached hydrogens (tertiary/aromatic N) is 1. The van der Waals surface area contributed by atoms with E-state index in [0.717, 1.165) is 30.4 Å². The number of halogens is 2. The summed E-state index contributed by atoms with van der Waals surface area (Å²) >= 11 is 12.3. The second-order valence-corrected chi connectivity index (χ2v) is 11.1. The molecule has 1 heterocycles. The summed E-state index contributed by atoms with van der Waals surface area (Å²) in [5.74, 6) is 0.667. The van der Waals surface area contributed by atoms with Crippen molar-refractivity contribution >= 4 is 44.8 Å². The van der Waals surface area contributed by atoms with Gasteiger partial charge in [-0.2, -0.15) is 0 Å². The van der Waals surface area contributed by atoms with E-state index in [9.17, 15) is 13.2 Å². The molecule has 0 unspecified atom stereocenters. The first-order chi connectivity index (χ1) is 15.6. The topological polar surface area (TPSA) is 75.7 Å². The zero-order chi connectivity index (χ0) is 24.2. The molecule has 1 aliphatic heterocycles. The molecule has 2 aromatic carbocycles. The molecule has 2 aromatic rings. The van der Waals surface area contributed by atoms with Gasteiger partial charge >= 0.3 is 0 Å². The number of ether oxygens (including phenoxy) is 1. The summed E-state index contributed by atoms with van der Waals surface area (Å²) < 4.78 is 32.2. The molecule has 6 nitrogen and oxygen atoms in total. The van der Waals surface area contributed by atoms with Crippen LogP contribution in [0.25, 0.3) is 0 Å². The van der Waals surface area contributed by atoms with E-state index in [4.69, 9.17) is 27.9 Å². The van der Waals surface area contributed by atoms with E-state index in [-0.39, 0.29) is 35.5 Å². The lowest BCUT2D eigenvalue weighted by Gasteiger charge is -2.41. The van der Waals surface area contributed by atoms with Crippen molar-refractivity contribution in [2.24, 2.45) is 0 Å². The van der Waals surface area contributed by atoms with E-state index in [1.54, 1.807) is 12.1 Å². The third-order valence-corrected chi connectivity index (χ3v) is 7.90. The van der Waals surface area contributed by atoms with Gasteiger partial charge in [0, 0.05) is 30.0 Å². The predicted molar refractivity (Wildman–Crippen MR) is 134 cm³/mol. The molecule has 0 aromatic heterocycles. The van der Waals surface area contributed by atoms with Crippen molar-refractivity contribution in [2.75, 3.05) is 17.1 Å². The van der Waals surface area contributed by atoms with Gasteiger partial charge in [0.15, 0.2) is 0 Å². The first kappa shape index (κ1) is 25.7. The van der Waals surface area contributed by atoms with Gasteiger partial charge in [-0.25, -0.2) is 8.42 Å². The van der Waals surface area contributed by atoms with Crippen molar-refractivity contribution < 1.29 is 17.9 Å². The van der Waals surface area contributed by atoms with Crippen LogP contribution >= 0.6 is 23.2 Å². The van der Waals surface area contributed by atoms with Crippen LogP contribution in [0.1, 0.15) is 57.6 Å². The molecule has 0 spiro atoms. The minimum absolute atomic E-state index is 0.116. The first-order valence-corrected chi connectivity index (χ1v) is 13.7. The molecule has 9 heteroatoms. The van der Waals surface area contributed by atoms with Crippen LogP contribution < -0.4 is 14.4 Å². The Morgan fingerprint density at radius 2 is 1.88 bits per heavy atom. The number of hydrogen-bond acceptors (Lipinski definition) is 4. The summed E-state index contributed by atoms with van der Waals surface area (Å²) in [6.07, 6.45) is 3.99. The number of carbonyl (C=O) groups is 1. The molecule has 33 heavy (non-hydrogen) atoms. The van der Waals surface area contributed by atoms with E-state index in [1.165, 1.54) is 10.4 Å². The predicted octanol–water partition coefficient (Wildman–Crippen LogP) is 5.74. The summed E-state index contributed by atoms with van der Waals surface area (Å²) in [5, 5.41) is 3.80. The average molecular weight is 513 g/mol. The standard InChI is InChI=1S/C24H30Cl2N2O4S/c1-4-24(5-2)16-20(18-9-6-7-10-22(18)32-24)27-23(29)11-8-14-28(33(3,30)31)21-15-17(25)12-13-19(21)26/h6-7,9-10,12-13,15,20H,4-5,8,11,14,16H2,1-3H3,(H,27,29)/t20-/m1/s1. The van der Waals surface area contributed by atoms with Crippen molar-refractivity contribution in [1.29, 1.82) is 0 Å². The molecule has 180 valence electrons. The van der Waals surface area contributed by atoms with Crippen LogP contribution in [-0.2, 0) is 14.8 Å². The van der Waals surface area contributed by atoms with Crippen LogP contribution in [0, 0.1) is 0 Å². The third-order valence-electron chi connectivity index (χ3n) is 6.16. The summed E-state index contributed by atoms with van der Waals surface area (Å²) in [4.78, 5) is 12.8. The lowest BCUT2D eigenvalue weighted by molar-refractivity contribution is -0.122. The average Bonchev–Trinajstić information content (AvgIpc) is 2.77. The highest BCUT2D eigenvalue weighted by Gasteiger charge is 2.38. The lowest BCUT2D eigenvalue weighted by atomic mass is 9.83. The quantitative estimate of drug-likeness (QED) is 0.464. The van der Waals surface area contributed by atoms with Crippen molar-refractivity contribution in [3.8, 4) is 5.75 Å². The lowest BCUT2D eigenvalue weighted by Crippen LogP contribution is -2.44. The minimum atomic E-state index is -3.60. The Morgan fingerprint density at radius 1 is 1.18 bits per heavy atom. The highest BCUT2D eigenvalue weighted by atomic mass is 35.5. The van der Waals surface area contributed by atoms with Crippen LogP contribution in [0.15, 0.2) is 42.5 Å². The maximum atomic E-state index is 12.8. The smallest absolute Gasteiger partial charge is 0.232 e. The van der Waals surface area contributed by atoms with E-state index in [0.29, 0.717) is 23.6 Å². The highest BCUT2D eigenvalue weighted by Crippen LogP contribution is 2.42. The van der Waals surface area contributed by atoms with Crippen molar-refractivity contribution in [2.45, 2.75) is 57.6 Å². The number of hydrogen-bond donors (Lipinski definition) is 1. The van der Waals surface area contributed by atoms with E-state index in [2.05, 4.69) is 19.2 Å². The van der Waals surface area contributed by atoms with Gasteiger partial charge in [0.2, 0.25) is 15.9 Å². The maximum Gasteiger partial charge on any atom is 0.232 e. The number of amides is 1. The first-order valence-electron chi connectivity index (χ1n) is 11.1. The van der Waals surface area contributed by atoms with Gasteiger partial charge < -0.3 is 10.1 Å². The number of rotatable bonds is 9. The molecule has 1 amide bonds. The Labute approximate surface area is 206 Å². The fraction of sp³-hybridized carbons (Fsp3) is 0.458. The second-order valence-electron chi connectivity index (χ2n) is 8.39. The molecule has 1 atom stereocenters. The zero-order valence-electron chi connectivity index (χ0n) is 19.1. The van der Waals surface area contributed by atoms with E-state index >= 15 is 0 Å². The SMILES string of the molecule is CCC1(CC)C[C@@H](NC(=O)CCCN(c2cc(Cl)ccc2Cl)S(C)(=O)=O)c2ccccc2O1. The number of anilines is 1. The Hall–Kier alpha value is -1.96. The van der Waals surface area contributed by atoms with Crippen LogP contribution in [0.2, 0.25) is 10.0 Å². The van der Waals surface area contributed by atoms with E-state index < -0.39 is 10.0 Å². The molecule has 0 aliphatic carbocycles. The summed E-state index contributed by atoms with van der Waals surface area (Å²) in [6, 6.07) is 12.3. The maximum absolute atomic E-state index is 12.8. The van der Waals surface area contributed by atoms with E-state index in [1.807, 2.05) is 24.3 Å². The number of carbonyl (C=O) groups excluding carboxylic acids is 1. The summed E-state index contributed by atoms with van der Waals surface area (Å²) in [6.45, 7) is 4.30. The molecule has 1 aliphatic rings. The van der Waals surface area contributed by atoms with Gasteiger partial charge in [-0.05, 0) is 43.5 Å². The van der Waals surface area contributed by atoms with Crippen LogP contribution in [0.3, 0.4) is 0 Å². The van der Waals surface area contributed by atoms with Gasteiger partial charge in [-0.15, -0.1) is 0 Å². The Bertz CT molecular complexity index is 1100. The molecular formula is C24H30Cl2N2O4S. The molecule has 0 saturated carbocycles. The normalized spacial score (nSPS) is 17.1. The second kappa shape index (κ2) is 10.5. The summed E-state index contributed by atoms with van der Waals surface area (Å²) in [7, 11) is -3.60. The largest absolute Gasteiger partial charge is 0.487 e. The molecule has 3 rings (SSSR count). The number of nitrogens with one attached hydrogen (secondary N) is 1. The molecule has 1 N–H and O–H groups in total. The van der Waals surface area contributed by atoms with Crippen LogP contribution in [-0.4, -0.2) is 32.7 Å². The summed E-state index contributed by atoms with van der Waals surface area (Å²) in [5.41, 5.74) is 0.955. The van der Waals surface area contributed by atoms with Gasteiger partial charge in [-0.1, -0.05) is 55.2 Å². The van der Waals surface area contributed by atoms with Crippen molar-refractivity contribution in [3.05, 3.63) is 58.1 Å². The molecule has 0 radical (unpaired) electrons. The van der Waals surface area contributed by atoms with Gasteiger partial charge in [-0.3, -0.25) is 9.10 Å². The van der Waals surface area contributed by atoms with Crippen molar-refractivity contribution in [3.63, 3.8) is 0 Å². The Balaban J connectivity index is 1.69. The number of sulfonamides is 1. The molecule has 0 bridgehead atoms. The fourth-order valence-corrected chi connectivity index (χ4v) is 5.63. The number of para-hydroxylation sites is 1. The zero-order valence-corrected chi connectivity index (χ0v) is 21.4. The number of benzene rings is 2. The van der Waals surface area contributed by atoms with Crippen LogP contribution in [0.4, 0.5) is 5.69 Å². The monoisotopic (exact) mass is 512 g/mol.